The largest absolute Gasteiger partial charge is 0.322 e. The second kappa shape index (κ2) is 5.96. The van der Waals surface area contributed by atoms with E-state index in [4.69, 9.17) is 28.3 Å². The zero-order valence-corrected chi connectivity index (χ0v) is 14.3. The molecule has 3 N–H and O–H groups in total. The molecular weight excluding hydrogens is 355 g/mol. The minimum absolute atomic E-state index is 0.0338. The van der Waals surface area contributed by atoms with Crippen molar-refractivity contribution in [2.75, 3.05) is 11.1 Å². The van der Waals surface area contributed by atoms with Crippen molar-refractivity contribution < 1.29 is 13.2 Å². The van der Waals surface area contributed by atoms with Gasteiger partial charge in [0.15, 0.2) is 0 Å². The summed E-state index contributed by atoms with van der Waals surface area (Å²) in [5.41, 5.74) is 0.199. The molecule has 1 fully saturated rings. The van der Waals surface area contributed by atoms with Crippen LogP contribution in [0.15, 0.2) is 17.0 Å². The Labute approximate surface area is 137 Å². The molecule has 2 rings (SSSR count). The van der Waals surface area contributed by atoms with E-state index < -0.39 is 14.8 Å². The number of hydrogen-bond acceptors (Lipinski definition) is 4. The van der Waals surface area contributed by atoms with Crippen molar-refractivity contribution in [1.29, 1.82) is 0 Å². The second-order valence-electron chi connectivity index (χ2n) is 4.94. The van der Waals surface area contributed by atoms with Crippen LogP contribution in [0, 0.1) is 0 Å². The van der Waals surface area contributed by atoms with Gasteiger partial charge < -0.3 is 5.32 Å². The maximum atomic E-state index is 12.3. The average Bonchev–Trinajstić information content (AvgIpc) is 2.80. The van der Waals surface area contributed by atoms with Gasteiger partial charge in [0.1, 0.15) is 0 Å². The zero-order chi connectivity index (χ0) is 15.8. The van der Waals surface area contributed by atoms with E-state index in [0.29, 0.717) is 0 Å². The van der Waals surface area contributed by atoms with E-state index in [9.17, 15) is 13.2 Å². The summed E-state index contributed by atoms with van der Waals surface area (Å²) in [6.45, 7) is 1.86. The number of carbonyl (C=O) groups is 1. The lowest BCUT2D eigenvalue weighted by Crippen LogP contribution is -2.34. The van der Waals surface area contributed by atoms with Gasteiger partial charge in [-0.1, -0.05) is 23.2 Å². The van der Waals surface area contributed by atoms with Gasteiger partial charge in [-0.3, -0.25) is 4.79 Å². The van der Waals surface area contributed by atoms with Gasteiger partial charge >= 0.3 is 0 Å². The SMILES string of the molecule is CC1(C(=O)Nc2c(Cl)cc(S(N)(=O)=O)cc2Cl)CCCS1. The van der Waals surface area contributed by atoms with Crippen molar-refractivity contribution in [2.24, 2.45) is 5.14 Å². The van der Waals surface area contributed by atoms with Crippen LogP contribution in [0.1, 0.15) is 19.8 Å². The van der Waals surface area contributed by atoms with Gasteiger partial charge in [0, 0.05) is 0 Å². The lowest BCUT2D eigenvalue weighted by Gasteiger charge is -2.22. The summed E-state index contributed by atoms with van der Waals surface area (Å²) in [6.07, 6.45) is 1.74. The first-order chi connectivity index (χ1) is 9.63. The molecule has 0 radical (unpaired) electrons. The first kappa shape index (κ1) is 16.9. The van der Waals surface area contributed by atoms with Crippen LogP contribution in [0.3, 0.4) is 0 Å². The fourth-order valence-electron chi connectivity index (χ4n) is 2.04. The minimum Gasteiger partial charge on any atom is -0.322 e. The van der Waals surface area contributed by atoms with Crippen LogP contribution in [0.2, 0.25) is 10.0 Å². The molecule has 0 spiro atoms. The Hall–Kier alpha value is -0.470. The number of sulfonamides is 1. The summed E-state index contributed by atoms with van der Waals surface area (Å²) in [7, 11) is -3.91. The zero-order valence-electron chi connectivity index (χ0n) is 11.2. The molecule has 0 saturated carbocycles. The summed E-state index contributed by atoms with van der Waals surface area (Å²) in [4.78, 5) is 12.1. The molecule has 21 heavy (non-hydrogen) atoms. The predicted octanol–water partition coefficient (Wildman–Crippen LogP) is 2.87. The van der Waals surface area contributed by atoms with Crippen molar-refractivity contribution in [3.63, 3.8) is 0 Å². The van der Waals surface area contributed by atoms with Crippen molar-refractivity contribution >= 4 is 56.6 Å². The van der Waals surface area contributed by atoms with Crippen LogP contribution in [0.5, 0.6) is 0 Å². The molecule has 1 heterocycles. The Kier molecular flexibility index (Phi) is 4.80. The van der Waals surface area contributed by atoms with Gasteiger partial charge in [0.05, 0.1) is 25.4 Å². The molecule has 1 aliphatic rings. The smallest absolute Gasteiger partial charge is 0.240 e. The summed E-state index contributed by atoms with van der Waals surface area (Å²) < 4.78 is 22.1. The Morgan fingerprint density at radius 2 is 1.95 bits per heavy atom. The molecule has 116 valence electrons. The van der Waals surface area contributed by atoms with Gasteiger partial charge in [0.25, 0.3) is 0 Å². The average molecular weight is 369 g/mol. The quantitative estimate of drug-likeness (QED) is 0.857. The molecule has 9 heteroatoms. The third-order valence-electron chi connectivity index (χ3n) is 3.28. The number of carbonyl (C=O) groups excluding carboxylic acids is 1. The lowest BCUT2D eigenvalue weighted by atomic mass is 10.0. The number of halogens is 2. The topological polar surface area (TPSA) is 89.3 Å². The Morgan fingerprint density at radius 3 is 2.38 bits per heavy atom. The maximum Gasteiger partial charge on any atom is 0.240 e. The van der Waals surface area contributed by atoms with Gasteiger partial charge in [-0.15, -0.1) is 11.8 Å². The van der Waals surface area contributed by atoms with E-state index >= 15 is 0 Å². The normalized spacial score (nSPS) is 22.3. The highest BCUT2D eigenvalue weighted by Gasteiger charge is 2.37. The minimum atomic E-state index is -3.91. The Morgan fingerprint density at radius 1 is 1.38 bits per heavy atom. The molecule has 5 nitrogen and oxygen atoms in total. The molecular formula is C12H14Cl2N2O3S2. The van der Waals surface area contributed by atoms with Crippen molar-refractivity contribution in [1.82, 2.24) is 0 Å². The van der Waals surface area contributed by atoms with Crippen LogP contribution in [0.4, 0.5) is 5.69 Å². The lowest BCUT2D eigenvalue weighted by molar-refractivity contribution is -0.118. The first-order valence-electron chi connectivity index (χ1n) is 6.11. The van der Waals surface area contributed by atoms with E-state index in [2.05, 4.69) is 5.32 Å². The van der Waals surface area contributed by atoms with Gasteiger partial charge in [-0.25, -0.2) is 13.6 Å². The molecule has 0 aromatic heterocycles. The number of nitrogens with two attached hydrogens (primary N) is 1. The van der Waals surface area contributed by atoms with Crippen molar-refractivity contribution in [2.45, 2.75) is 29.4 Å². The van der Waals surface area contributed by atoms with E-state index in [-0.39, 0.29) is 26.5 Å². The Balaban J connectivity index is 2.31. The maximum absolute atomic E-state index is 12.3. The monoisotopic (exact) mass is 368 g/mol. The highest BCUT2D eigenvalue weighted by molar-refractivity contribution is 8.01. The van der Waals surface area contributed by atoms with E-state index in [1.54, 1.807) is 11.8 Å². The number of amides is 1. The van der Waals surface area contributed by atoms with Crippen LogP contribution < -0.4 is 10.5 Å². The number of benzene rings is 1. The third kappa shape index (κ3) is 3.65. The fourth-order valence-corrected chi connectivity index (χ4v) is 4.52. The summed E-state index contributed by atoms with van der Waals surface area (Å²) in [5, 5.41) is 7.78. The molecule has 0 bridgehead atoms. The summed E-state index contributed by atoms with van der Waals surface area (Å²) >= 11 is 13.6. The number of nitrogens with one attached hydrogen (secondary N) is 1. The molecule has 1 atom stereocenters. The molecule has 0 aliphatic carbocycles. The number of primary sulfonamides is 1. The molecule has 1 unspecified atom stereocenters. The van der Waals surface area contributed by atoms with Gasteiger partial charge in [-0.2, -0.15) is 0 Å². The van der Waals surface area contributed by atoms with Gasteiger partial charge in [0.2, 0.25) is 15.9 Å². The van der Waals surface area contributed by atoms with E-state index in [0.717, 1.165) is 18.6 Å². The number of rotatable bonds is 3. The van der Waals surface area contributed by atoms with Crippen molar-refractivity contribution in [3.8, 4) is 0 Å². The first-order valence-corrected chi connectivity index (χ1v) is 9.39. The fraction of sp³-hybridized carbons (Fsp3) is 0.417. The van der Waals surface area contributed by atoms with Gasteiger partial charge in [-0.05, 0) is 37.7 Å². The summed E-state index contributed by atoms with van der Waals surface area (Å²) in [5.74, 6) is 0.729. The third-order valence-corrected chi connectivity index (χ3v) is 6.29. The number of hydrogen-bond donors (Lipinski definition) is 2. The number of thioether (sulfide) groups is 1. The van der Waals surface area contributed by atoms with Crippen molar-refractivity contribution in [3.05, 3.63) is 22.2 Å². The highest BCUT2D eigenvalue weighted by atomic mass is 35.5. The summed E-state index contributed by atoms with van der Waals surface area (Å²) in [6, 6.07) is 2.34. The molecule has 1 saturated heterocycles. The molecule has 1 aliphatic heterocycles. The van der Waals surface area contributed by atoms with Crippen LogP contribution in [0.25, 0.3) is 0 Å². The highest BCUT2D eigenvalue weighted by Crippen LogP contribution is 2.40. The number of anilines is 1. The van der Waals surface area contributed by atoms with E-state index in [1.165, 1.54) is 12.1 Å². The van der Waals surface area contributed by atoms with Crippen LogP contribution in [-0.4, -0.2) is 24.8 Å². The van der Waals surface area contributed by atoms with Crippen LogP contribution in [-0.2, 0) is 14.8 Å². The Bertz CT molecular complexity index is 663. The second-order valence-corrected chi connectivity index (χ2v) is 8.92. The predicted molar refractivity (Wildman–Crippen MR) is 86.6 cm³/mol. The molecule has 1 amide bonds. The molecule has 1 aromatic rings. The molecule has 1 aromatic carbocycles. The van der Waals surface area contributed by atoms with Crippen LogP contribution >= 0.6 is 35.0 Å². The standard InChI is InChI=1S/C12H14Cl2N2O3S2/c1-12(3-2-4-20-12)11(17)16-10-8(13)5-7(6-9(10)14)21(15,18)19/h5-6H,2-4H2,1H3,(H,16,17)(H2,15,18,19). The van der Waals surface area contributed by atoms with E-state index in [1.807, 2.05) is 6.92 Å².